The van der Waals surface area contributed by atoms with Crippen molar-refractivity contribution in [3.63, 3.8) is 0 Å². The van der Waals surface area contributed by atoms with Crippen LogP contribution < -0.4 is 9.47 Å². The number of amides is 1. The molecule has 156 valence electrons. The van der Waals surface area contributed by atoms with Crippen molar-refractivity contribution in [3.05, 3.63) is 87.1 Å². The predicted octanol–water partition coefficient (Wildman–Crippen LogP) is 4.82. The first kappa shape index (κ1) is 20.7. The summed E-state index contributed by atoms with van der Waals surface area (Å²) in [4.78, 5) is 16.2. The molecule has 0 bridgehead atoms. The zero-order chi connectivity index (χ0) is 21.8. The molecule has 1 aliphatic rings. The zero-order valence-corrected chi connectivity index (χ0v) is 18.2. The van der Waals surface area contributed by atoms with Gasteiger partial charge in [0.05, 0.1) is 31.9 Å². The Kier molecular flexibility index (Phi) is 6.06. The van der Waals surface area contributed by atoms with E-state index in [2.05, 4.69) is 12.1 Å². The molecule has 0 spiro atoms. The molecule has 2 aromatic carbocycles. The number of hydrogen-bond donors (Lipinski definition) is 0. The molecule has 2 heterocycles. The summed E-state index contributed by atoms with van der Waals surface area (Å²) in [6.07, 6.45) is 4.00. The van der Waals surface area contributed by atoms with Crippen LogP contribution in [0.1, 0.15) is 33.2 Å². The van der Waals surface area contributed by atoms with Crippen molar-refractivity contribution in [2.24, 2.45) is 0 Å². The van der Waals surface area contributed by atoms with Gasteiger partial charge in [0.2, 0.25) is 5.91 Å². The Morgan fingerprint density at radius 1 is 1.16 bits per heavy atom. The Balaban J connectivity index is 1.72. The number of nitriles is 1. The molecule has 1 aromatic heterocycles. The highest BCUT2D eigenvalue weighted by Crippen LogP contribution is 2.42. The molecule has 31 heavy (non-hydrogen) atoms. The van der Waals surface area contributed by atoms with Gasteiger partial charge in [-0.1, -0.05) is 24.3 Å². The van der Waals surface area contributed by atoms with E-state index in [4.69, 9.17) is 9.47 Å². The van der Waals surface area contributed by atoms with Gasteiger partial charge in [0, 0.05) is 17.5 Å². The second-order valence-electron chi connectivity index (χ2n) is 7.14. The Morgan fingerprint density at radius 2 is 1.94 bits per heavy atom. The molecule has 6 heteroatoms. The molecule has 3 aromatic rings. The number of rotatable bonds is 5. The summed E-state index contributed by atoms with van der Waals surface area (Å²) in [6, 6.07) is 17.3. The number of hydrogen-bond acceptors (Lipinski definition) is 5. The Morgan fingerprint density at radius 3 is 2.65 bits per heavy atom. The lowest BCUT2D eigenvalue weighted by Crippen LogP contribution is -2.39. The van der Waals surface area contributed by atoms with Gasteiger partial charge >= 0.3 is 0 Å². The second kappa shape index (κ2) is 9.07. The average molecular weight is 431 g/mol. The molecule has 1 amide bonds. The molecule has 1 atom stereocenters. The van der Waals surface area contributed by atoms with Gasteiger partial charge in [0.1, 0.15) is 0 Å². The summed E-state index contributed by atoms with van der Waals surface area (Å²) in [7, 11) is 3.25. The topological polar surface area (TPSA) is 62.6 Å². The van der Waals surface area contributed by atoms with E-state index in [-0.39, 0.29) is 11.9 Å². The lowest BCUT2D eigenvalue weighted by Gasteiger charge is -2.37. The zero-order valence-electron chi connectivity index (χ0n) is 17.4. The Hall–Kier alpha value is -3.56. The molecule has 0 saturated heterocycles. The number of carbonyl (C=O) groups excluding carboxylic acids is 1. The van der Waals surface area contributed by atoms with Crippen molar-refractivity contribution in [1.29, 1.82) is 5.26 Å². The molecule has 1 aliphatic heterocycles. The number of fused-ring (bicyclic) bond motifs is 1. The van der Waals surface area contributed by atoms with Crippen LogP contribution in [0, 0.1) is 11.3 Å². The van der Waals surface area contributed by atoms with Crippen LogP contribution in [0.25, 0.3) is 6.08 Å². The summed E-state index contributed by atoms with van der Waals surface area (Å²) in [6.45, 7) is 0.591. The van der Waals surface area contributed by atoms with Crippen LogP contribution in [-0.4, -0.2) is 31.6 Å². The lowest BCUT2D eigenvalue weighted by molar-refractivity contribution is -0.127. The third kappa shape index (κ3) is 4.05. The Bertz CT molecular complexity index is 1160. The quantitative estimate of drug-likeness (QED) is 0.544. The van der Waals surface area contributed by atoms with Crippen LogP contribution >= 0.6 is 11.3 Å². The van der Waals surface area contributed by atoms with Gasteiger partial charge in [-0.25, -0.2) is 0 Å². The standard InChI is InChI=1S/C25H22N2O3S/c1-29-21-14-18-11-12-27(24(28)10-9-17-6-3-4-7-19(17)16-26)25(23-8-5-13-31-23)20(18)15-22(21)30-2/h3-10,13-15,25H,11-12H2,1-2H3/b10-9+. The minimum absolute atomic E-state index is 0.0911. The fourth-order valence-corrected chi connectivity index (χ4v) is 4.79. The number of benzene rings is 2. The molecule has 1 unspecified atom stereocenters. The van der Waals surface area contributed by atoms with Crippen LogP contribution in [0.2, 0.25) is 0 Å². The largest absolute Gasteiger partial charge is 0.493 e. The number of methoxy groups -OCH3 is 2. The third-order valence-corrected chi connectivity index (χ3v) is 6.38. The van der Waals surface area contributed by atoms with E-state index in [0.717, 1.165) is 28.0 Å². The maximum atomic E-state index is 13.3. The van der Waals surface area contributed by atoms with E-state index in [1.54, 1.807) is 43.8 Å². The van der Waals surface area contributed by atoms with Gasteiger partial charge in [-0.05, 0) is 58.8 Å². The van der Waals surface area contributed by atoms with Gasteiger partial charge in [-0.15, -0.1) is 11.3 Å². The maximum Gasteiger partial charge on any atom is 0.247 e. The summed E-state index contributed by atoms with van der Waals surface area (Å²) in [5.41, 5.74) is 3.47. The van der Waals surface area contributed by atoms with Gasteiger partial charge in [-0.3, -0.25) is 4.79 Å². The molecule has 0 radical (unpaired) electrons. The van der Waals surface area contributed by atoms with Gasteiger partial charge in [0.15, 0.2) is 11.5 Å². The summed E-state index contributed by atoms with van der Waals surface area (Å²) in [5, 5.41) is 11.3. The van der Waals surface area contributed by atoms with Crippen LogP contribution in [0.15, 0.2) is 60.0 Å². The van der Waals surface area contributed by atoms with E-state index in [1.165, 1.54) is 0 Å². The second-order valence-corrected chi connectivity index (χ2v) is 8.12. The molecule has 0 aliphatic carbocycles. The molecule has 0 fully saturated rings. The monoisotopic (exact) mass is 430 g/mol. The van der Waals surface area contributed by atoms with E-state index >= 15 is 0 Å². The Labute approximate surface area is 185 Å². The van der Waals surface area contributed by atoms with Crippen LogP contribution in [0.3, 0.4) is 0 Å². The van der Waals surface area contributed by atoms with Gasteiger partial charge in [0.25, 0.3) is 0 Å². The van der Waals surface area contributed by atoms with Crippen LogP contribution in [0.5, 0.6) is 11.5 Å². The van der Waals surface area contributed by atoms with Crippen LogP contribution in [0.4, 0.5) is 0 Å². The van der Waals surface area contributed by atoms with Crippen molar-refractivity contribution in [2.75, 3.05) is 20.8 Å². The predicted molar refractivity (Wildman–Crippen MR) is 121 cm³/mol. The van der Waals surface area contributed by atoms with E-state index in [1.807, 2.05) is 46.7 Å². The summed E-state index contributed by atoms with van der Waals surface area (Å²) < 4.78 is 11.0. The third-order valence-electron chi connectivity index (χ3n) is 5.46. The first-order valence-electron chi connectivity index (χ1n) is 9.92. The first-order chi connectivity index (χ1) is 15.2. The summed E-state index contributed by atoms with van der Waals surface area (Å²) in [5.74, 6) is 1.25. The van der Waals surface area contributed by atoms with Crippen molar-refractivity contribution < 1.29 is 14.3 Å². The van der Waals surface area contributed by atoms with Crippen molar-refractivity contribution in [2.45, 2.75) is 12.5 Å². The molecule has 0 saturated carbocycles. The number of ether oxygens (including phenoxy) is 2. The SMILES string of the molecule is COc1cc2c(cc1OC)C(c1cccs1)N(C(=O)/C=C/c1ccccc1C#N)CC2. The number of carbonyl (C=O) groups is 1. The van der Waals surface area contributed by atoms with Crippen molar-refractivity contribution >= 4 is 23.3 Å². The average Bonchev–Trinajstić information content (AvgIpc) is 3.35. The highest BCUT2D eigenvalue weighted by molar-refractivity contribution is 7.10. The van der Waals surface area contributed by atoms with Crippen molar-refractivity contribution in [3.8, 4) is 17.6 Å². The van der Waals surface area contributed by atoms with E-state index in [9.17, 15) is 10.1 Å². The highest BCUT2D eigenvalue weighted by Gasteiger charge is 2.33. The lowest BCUT2D eigenvalue weighted by atomic mass is 9.90. The van der Waals surface area contributed by atoms with Crippen molar-refractivity contribution in [1.82, 2.24) is 4.90 Å². The normalized spacial score (nSPS) is 15.4. The highest BCUT2D eigenvalue weighted by atomic mass is 32.1. The van der Waals surface area contributed by atoms with Crippen LogP contribution in [-0.2, 0) is 11.2 Å². The molecule has 5 nitrogen and oxygen atoms in total. The fraction of sp³-hybridized carbons (Fsp3) is 0.200. The number of thiophene rings is 1. The minimum atomic E-state index is -0.202. The van der Waals surface area contributed by atoms with E-state index in [0.29, 0.717) is 23.6 Å². The fourth-order valence-electron chi connectivity index (χ4n) is 3.94. The molecular weight excluding hydrogens is 408 g/mol. The smallest absolute Gasteiger partial charge is 0.247 e. The van der Waals surface area contributed by atoms with E-state index < -0.39 is 0 Å². The van der Waals surface area contributed by atoms with Gasteiger partial charge in [-0.2, -0.15) is 5.26 Å². The molecule has 4 rings (SSSR count). The number of nitrogens with zero attached hydrogens (tertiary/aromatic N) is 2. The molecule has 0 N–H and O–H groups in total. The summed E-state index contributed by atoms with van der Waals surface area (Å²) >= 11 is 1.63. The maximum absolute atomic E-state index is 13.3. The molecular formula is C25H22N2O3S. The van der Waals surface area contributed by atoms with Gasteiger partial charge < -0.3 is 14.4 Å². The minimum Gasteiger partial charge on any atom is -0.493 e. The first-order valence-corrected chi connectivity index (χ1v) is 10.8.